The van der Waals surface area contributed by atoms with Gasteiger partial charge in [0.2, 0.25) is 0 Å². The standard InChI is InChI=1S/C31H46N3O5P.C2H6/c1-5-7-15-26(30(36)34(38)21-19-24-22-32-25-14-11-16-28(35)29(24)25)33(20-6-2)27(31(37)40(3,4)39)18-17-23-12-9-8-10-13-23;1-2/h8-14,16,22,26-27,31-32,35,37-38H,5-7,15,17-21H2,1-4H3;1-2H3. The zero-order valence-electron chi connectivity index (χ0n) is 26.3. The quantitative estimate of drug-likeness (QED) is 0.0809. The van der Waals surface area contributed by atoms with Crippen LogP contribution in [0.15, 0.2) is 54.7 Å². The van der Waals surface area contributed by atoms with Crippen molar-refractivity contribution >= 4 is 24.0 Å². The summed E-state index contributed by atoms with van der Waals surface area (Å²) in [5.74, 6) is -1.37. The van der Waals surface area contributed by atoms with E-state index in [1.165, 1.54) is 0 Å². The van der Waals surface area contributed by atoms with Gasteiger partial charge in [0.1, 0.15) is 18.7 Å². The van der Waals surface area contributed by atoms with Crippen molar-refractivity contribution in [1.82, 2.24) is 14.9 Å². The Morgan fingerprint density at radius 1 is 0.952 bits per heavy atom. The molecule has 0 spiro atoms. The number of carbonyl (C=O) groups is 1. The lowest BCUT2D eigenvalue weighted by atomic mass is 9.99. The van der Waals surface area contributed by atoms with Gasteiger partial charge in [-0.15, -0.1) is 0 Å². The average molecular weight is 602 g/mol. The number of aryl methyl sites for hydroxylation is 1. The van der Waals surface area contributed by atoms with Crippen molar-refractivity contribution in [2.75, 3.05) is 26.4 Å². The maximum atomic E-state index is 13.8. The number of aliphatic hydroxyl groups is 1. The maximum absolute atomic E-state index is 13.8. The minimum absolute atomic E-state index is 0.0556. The van der Waals surface area contributed by atoms with Gasteiger partial charge >= 0.3 is 0 Å². The molecule has 234 valence electrons. The molecule has 3 aromatic rings. The summed E-state index contributed by atoms with van der Waals surface area (Å²) >= 11 is 0. The predicted octanol–water partition coefficient (Wildman–Crippen LogP) is 6.87. The number of fused-ring (bicyclic) bond motifs is 1. The molecule has 3 atom stereocenters. The van der Waals surface area contributed by atoms with Gasteiger partial charge in [-0.25, -0.2) is 5.06 Å². The molecule has 4 N–H and O–H groups in total. The second kappa shape index (κ2) is 17.5. The number of aromatic amines is 1. The number of nitrogens with one attached hydrogen (secondary N) is 1. The highest BCUT2D eigenvalue weighted by Gasteiger charge is 2.39. The lowest BCUT2D eigenvalue weighted by Crippen LogP contribution is -2.55. The summed E-state index contributed by atoms with van der Waals surface area (Å²) in [5.41, 5.74) is 2.71. The van der Waals surface area contributed by atoms with Gasteiger partial charge in [-0.1, -0.05) is 76.9 Å². The van der Waals surface area contributed by atoms with E-state index in [1.54, 1.807) is 31.7 Å². The highest BCUT2D eigenvalue weighted by atomic mass is 31.2. The minimum Gasteiger partial charge on any atom is -0.507 e. The average Bonchev–Trinajstić information content (AvgIpc) is 3.41. The van der Waals surface area contributed by atoms with Gasteiger partial charge in [-0.05, 0) is 75.2 Å². The van der Waals surface area contributed by atoms with E-state index >= 15 is 0 Å². The molecule has 0 radical (unpaired) electrons. The van der Waals surface area contributed by atoms with Crippen molar-refractivity contribution in [3.8, 4) is 5.75 Å². The number of hydroxylamine groups is 2. The number of nitrogens with zero attached hydrogens (tertiary/aromatic N) is 2. The van der Waals surface area contributed by atoms with Crippen molar-refractivity contribution in [3.05, 3.63) is 65.9 Å². The number of carbonyl (C=O) groups excluding carboxylic acids is 1. The van der Waals surface area contributed by atoms with Crippen LogP contribution in [-0.2, 0) is 22.2 Å². The first-order valence-corrected chi connectivity index (χ1v) is 18.1. The topological polar surface area (TPSA) is 117 Å². The van der Waals surface area contributed by atoms with Crippen LogP contribution >= 0.6 is 7.14 Å². The Morgan fingerprint density at radius 3 is 2.26 bits per heavy atom. The van der Waals surface area contributed by atoms with E-state index in [2.05, 4.69) is 11.9 Å². The number of amides is 1. The molecule has 3 rings (SSSR count). The lowest BCUT2D eigenvalue weighted by molar-refractivity contribution is -0.173. The van der Waals surface area contributed by atoms with E-state index in [0.717, 1.165) is 41.0 Å². The van der Waals surface area contributed by atoms with Crippen LogP contribution in [0.3, 0.4) is 0 Å². The largest absolute Gasteiger partial charge is 0.507 e. The van der Waals surface area contributed by atoms with Crippen molar-refractivity contribution in [2.45, 2.75) is 90.6 Å². The van der Waals surface area contributed by atoms with Crippen LogP contribution in [0.1, 0.15) is 70.9 Å². The maximum Gasteiger partial charge on any atom is 0.263 e. The summed E-state index contributed by atoms with van der Waals surface area (Å²) in [6.45, 7) is 11.8. The van der Waals surface area contributed by atoms with E-state index in [4.69, 9.17) is 0 Å². The number of hydrogen-bond donors (Lipinski definition) is 4. The van der Waals surface area contributed by atoms with Crippen LogP contribution in [0.5, 0.6) is 5.75 Å². The molecule has 3 unspecified atom stereocenters. The number of benzene rings is 2. The lowest BCUT2D eigenvalue weighted by Gasteiger charge is -2.41. The van der Waals surface area contributed by atoms with Gasteiger partial charge in [-0.3, -0.25) is 14.9 Å². The van der Waals surface area contributed by atoms with Crippen molar-refractivity contribution < 1.29 is 24.8 Å². The molecular formula is C33H52N3O5P. The number of hydrogen-bond acceptors (Lipinski definition) is 6. The third-order valence-electron chi connectivity index (χ3n) is 7.59. The van der Waals surface area contributed by atoms with E-state index in [9.17, 15) is 24.8 Å². The fourth-order valence-electron chi connectivity index (χ4n) is 5.44. The Balaban J connectivity index is 0.00000301. The SMILES string of the molecule is CC.CCCCC(C(=O)N(O)CCc1c[nH]c2cccc(O)c12)N(CCC)C(CCc1ccccc1)C(O)P(C)(C)=O. The molecular weight excluding hydrogens is 549 g/mol. The van der Waals surface area contributed by atoms with Crippen LogP contribution in [0.2, 0.25) is 0 Å². The number of aromatic hydroxyl groups is 1. The van der Waals surface area contributed by atoms with Gasteiger partial charge < -0.3 is 19.8 Å². The first-order chi connectivity index (χ1) is 20.1. The molecule has 0 aliphatic heterocycles. The second-order valence-electron chi connectivity index (χ2n) is 11.1. The fraction of sp³-hybridized carbons (Fsp3) is 0.545. The molecule has 9 heteroatoms. The minimum atomic E-state index is -2.91. The van der Waals surface area contributed by atoms with Crippen molar-refractivity contribution in [1.29, 1.82) is 0 Å². The van der Waals surface area contributed by atoms with E-state index in [1.807, 2.05) is 62.1 Å². The van der Waals surface area contributed by atoms with Crippen LogP contribution < -0.4 is 0 Å². The zero-order valence-corrected chi connectivity index (χ0v) is 27.2. The summed E-state index contributed by atoms with van der Waals surface area (Å²) in [6, 6.07) is 14.0. The Labute approximate surface area is 252 Å². The van der Waals surface area contributed by atoms with E-state index in [0.29, 0.717) is 37.6 Å². The number of rotatable bonds is 16. The molecule has 1 amide bonds. The molecule has 1 heterocycles. The number of H-pyrrole nitrogens is 1. The molecule has 0 saturated carbocycles. The Hall–Kier alpha value is -2.64. The molecule has 8 nitrogen and oxygen atoms in total. The fourth-order valence-corrected chi connectivity index (χ4v) is 6.59. The molecule has 0 saturated heterocycles. The Morgan fingerprint density at radius 2 is 1.64 bits per heavy atom. The summed E-state index contributed by atoms with van der Waals surface area (Å²) in [7, 11) is -2.91. The van der Waals surface area contributed by atoms with Gasteiger partial charge in [0.05, 0.1) is 12.6 Å². The number of phenols is 1. The summed E-state index contributed by atoms with van der Waals surface area (Å²) in [6.07, 6.45) is 6.26. The zero-order chi connectivity index (χ0) is 31.3. The molecule has 0 fully saturated rings. The van der Waals surface area contributed by atoms with Crippen LogP contribution in [-0.4, -0.2) is 80.6 Å². The normalized spacial score (nSPS) is 13.8. The smallest absolute Gasteiger partial charge is 0.263 e. The Kier molecular flexibility index (Phi) is 14.8. The highest BCUT2D eigenvalue weighted by Crippen LogP contribution is 2.45. The summed E-state index contributed by atoms with van der Waals surface area (Å²) in [5, 5.41) is 34.1. The van der Waals surface area contributed by atoms with Crippen molar-refractivity contribution in [2.24, 2.45) is 0 Å². The van der Waals surface area contributed by atoms with Gasteiger partial charge in [0.25, 0.3) is 5.91 Å². The van der Waals surface area contributed by atoms with Gasteiger partial charge in [0.15, 0.2) is 0 Å². The summed E-state index contributed by atoms with van der Waals surface area (Å²) in [4.78, 5) is 19.0. The van der Waals surface area contributed by atoms with E-state index < -0.39 is 31.0 Å². The third kappa shape index (κ3) is 9.70. The highest BCUT2D eigenvalue weighted by molar-refractivity contribution is 7.62. The molecule has 0 bridgehead atoms. The molecule has 1 aromatic heterocycles. The van der Waals surface area contributed by atoms with Crippen LogP contribution in [0.25, 0.3) is 10.9 Å². The van der Waals surface area contributed by atoms with Crippen molar-refractivity contribution in [3.63, 3.8) is 0 Å². The number of aromatic nitrogens is 1. The van der Waals surface area contributed by atoms with Gasteiger partial charge in [-0.2, -0.15) is 0 Å². The third-order valence-corrected chi connectivity index (χ3v) is 9.21. The molecule has 0 aliphatic rings. The number of phenolic OH excluding ortho intramolecular Hbond substituents is 1. The first-order valence-electron chi connectivity index (χ1n) is 15.4. The molecule has 42 heavy (non-hydrogen) atoms. The first kappa shape index (κ1) is 35.6. The molecule has 0 aliphatic carbocycles. The van der Waals surface area contributed by atoms with Crippen LogP contribution in [0, 0.1) is 0 Å². The Bertz CT molecular complexity index is 1260. The van der Waals surface area contributed by atoms with E-state index in [-0.39, 0.29) is 12.3 Å². The number of unbranched alkanes of at least 4 members (excludes halogenated alkanes) is 1. The second-order valence-corrected chi connectivity index (χ2v) is 14.5. The summed E-state index contributed by atoms with van der Waals surface area (Å²) < 4.78 is 13.1. The molecule has 2 aromatic carbocycles. The number of aliphatic hydroxyl groups excluding tert-OH is 1. The predicted molar refractivity (Wildman–Crippen MR) is 173 cm³/mol. The van der Waals surface area contributed by atoms with Crippen LogP contribution in [0.4, 0.5) is 0 Å². The van der Waals surface area contributed by atoms with Gasteiger partial charge in [0, 0.05) is 23.1 Å². The monoisotopic (exact) mass is 601 g/mol.